The van der Waals surface area contributed by atoms with Crippen LogP contribution in [0.25, 0.3) is 22.0 Å². The predicted molar refractivity (Wildman–Crippen MR) is 86.0 cm³/mol. The summed E-state index contributed by atoms with van der Waals surface area (Å²) in [5.41, 5.74) is 3.57. The number of aromatic nitrogens is 1. The Bertz CT molecular complexity index is 881. The Hall–Kier alpha value is -3.19. The molecule has 2 aromatic carbocycles. The fraction of sp³-hybridized carbons (Fsp3) is 0.0556. The molecule has 0 bridgehead atoms. The third-order valence-electron chi connectivity index (χ3n) is 3.31. The first-order valence-electron chi connectivity index (χ1n) is 6.88. The van der Waals surface area contributed by atoms with Gasteiger partial charge in [-0.1, -0.05) is 30.3 Å². The Morgan fingerprint density at radius 1 is 1.09 bits per heavy atom. The molecule has 0 spiro atoms. The summed E-state index contributed by atoms with van der Waals surface area (Å²) in [5, 5.41) is 12.3. The number of nitrogens with one attached hydrogen (secondary N) is 1. The third kappa shape index (κ3) is 2.94. The molecule has 0 saturated heterocycles. The van der Waals surface area contributed by atoms with Crippen molar-refractivity contribution < 1.29 is 4.79 Å². The molecule has 0 aliphatic rings. The summed E-state index contributed by atoms with van der Waals surface area (Å²) in [7, 11) is 0. The van der Waals surface area contributed by atoms with E-state index in [4.69, 9.17) is 5.26 Å². The second kappa shape index (κ2) is 6.06. The van der Waals surface area contributed by atoms with Crippen molar-refractivity contribution >= 4 is 22.5 Å². The lowest BCUT2D eigenvalue weighted by Gasteiger charge is -2.07. The summed E-state index contributed by atoms with van der Waals surface area (Å²) in [6.07, 6.45) is 1.67. The monoisotopic (exact) mass is 287 g/mol. The van der Waals surface area contributed by atoms with E-state index in [9.17, 15) is 4.79 Å². The van der Waals surface area contributed by atoms with Crippen LogP contribution in [0.1, 0.15) is 6.42 Å². The lowest BCUT2D eigenvalue weighted by Crippen LogP contribution is -2.09. The van der Waals surface area contributed by atoms with E-state index in [1.807, 2.05) is 54.7 Å². The molecule has 1 amide bonds. The molecular formula is C18H13N3O. The Balaban J connectivity index is 1.93. The van der Waals surface area contributed by atoms with Crippen molar-refractivity contribution in [2.75, 3.05) is 5.32 Å². The van der Waals surface area contributed by atoms with Gasteiger partial charge in [-0.05, 0) is 29.8 Å². The zero-order valence-electron chi connectivity index (χ0n) is 11.8. The lowest BCUT2D eigenvalue weighted by atomic mass is 10.0. The first-order chi connectivity index (χ1) is 10.8. The van der Waals surface area contributed by atoms with Crippen molar-refractivity contribution in [2.24, 2.45) is 0 Å². The van der Waals surface area contributed by atoms with Crippen LogP contribution in [0.2, 0.25) is 0 Å². The van der Waals surface area contributed by atoms with Crippen molar-refractivity contribution in [1.82, 2.24) is 4.98 Å². The molecule has 1 aromatic heterocycles. The Morgan fingerprint density at radius 3 is 2.82 bits per heavy atom. The fourth-order valence-corrected chi connectivity index (χ4v) is 2.28. The van der Waals surface area contributed by atoms with Gasteiger partial charge in [0.15, 0.2) is 0 Å². The van der Waals surface area contributed by atoms with Crippen molar-refractivity contribution in [3.05, 3.63) is 60.8 Å². The van der Waals surface area contributed by atoms with Crippen molar-refractivity contribution in [3.8, 4) is 17.2 Å². The van der Waals surface area contributed by atoms with Gasteiger partial charge < -0.3 is 5.32 Å². The Kier molecular flexibility index (Phi) is 3.80. The molecule has 0 aliphatic carbocycles. The molecule has 0 radical (unpaired) electrons. The minimum absolute atomic E-state index is 0.151. The molecule has 0 unspecified atom stereocenters. The summed E-state index contributed by atoms with van der Waals surface area (Å²) >= 11 is 0. The molecule has 3 aromatic rings. The van der Waals surface area contributed by atoms with Crippen molar-refractivity contribution in [3.63, 3.8) is 0 Å². The van der Waals surface area contributed by atoms with E-state index in [2.05, 4.69) is 16.4 Å². The molecule has 1 N–H and O–H groups in total. The standard InChI is InChI=1S/C18H13N3O/c19-9-8-18(22)21-16-6-3-5-13(11-16)15-10-14-4-1-2-7-17(14)20-12-15/h1-7,10-12H,8H2,(H,21,22). The zero-order valence-corrected chi connectivity index (χ0v) is 11.8. The van der Waals surface area contributed by atoms with Crippen LogP contribution in [0.15, 0.2) is 60.8 Å². The van der Waals surface area contributed by atoms with Gasteiger partial charge in [0.1, 0.15) is 6.42 Å². The first-order valence-corrected chi connectivity index (χ1v) is 6.88. The maximum absolute atomic E-state index is 11.5. The number of benzene rings is 2. The van der Waals surface area contributed by atoms with Gasteiger partial charge in [-0.2, -0.15) is 5.26 Å². The second-order valence-electron chi connectivity index (χ2n) is 4.88. The summed E-state index contributed by atoms with van der Waals surface area (Å²) in [4.78, 5) is 15.9. The van der Waals surface area contributed by atoms with E-state index in [-0.39, 0.29) is 12.3 Å². The molecule has 22 heavy (non-hydrogen) atoms. The molecule has 1 heterocycles. The molecule has 3 rings (SSSR count). The van der Waals surface area contributed by atoms with E-state index < -0.39 is 0 Å². The molecule has 0 saturated carbocycles. The van der Waals surface area contributed by atoms with Gasteiger partial charge in [0.05, 0.1) is 11.6 Å². The summed E-state index contributed by atoms with van der Waals surface area (Å²) < 4.78 is 0. The van der Waals surface area contributed by atoms with Crippen molar-refractivity contribution in [2.45, 2.75) is 6.42 Å². The van der Waals surface area contributed by atoms with Crippen LogP contribution >= 0.6 is 0 Å². The van der Waals surface area contributed by atoms with Crippen molar-refractivity contribution in [1.29, 1.82) is 5.26 Å². The fourth-order valence-electron chi connectivity index (χ4n) is 2.28. The van der Waals surface area contributed by atoms with Gasteiger partial charge in [-0.25, -0.2) is 0 Å². The summed E-state index contributed by atoms with van der Waals surface area (Å²) in [6, 6.07) is 19.3. The third-order valence-corrected chi connectivity index (χ3v) is 3.31. The van der Waals surface area contributed by atoms with E-state index in [0.29, 0.717) is 5.69 Å². The van der Waals surface area contributed by atoms with E-state index >= 15 is 0 Å². The quantitative estimate of drug-likeness (QED) is 0.797. The van der Waals surface area contributed by atoms with Crippen LogP contribution in [0.5, 0.6) is 0 Å². The smallest absolute Gasteiger partial charge is 0.238 e. The van der Waals surface area contributed by atoms with Crippen LogP contribution in [-0.2, 0) is 4.79 Å². The molecule has 0 atom stereocenters. The highest BCUT2D eigenvalue weighted by molar-refractivity contribution is 5.93. The largest absolute Gasteiger partial charge is 0.325 e. The molecule has 0 fully saturated rings. The highest BCUT2D eigenvalue weighted by Gasteiger charge is 2.04. The number of nitrogens with zero attached hydrogens (tertiary/aromatic N) is 2. The number of rotatable bonds is 3. The maximum atomic E-state index is 11.5. The highest BCUT2D eigenvalue weighted by atomic mass is 16.1. The summed E-state index contributed by atoms with van der Waals surface area (Å²) in [5.74, 6) is -0.309. The number of amides is 1. The minimum atomic E-state index is -0.309. The molecular weight excluding hydrogens is 274 g/mol. The number of hydrogen-bond donors (Lipinski definition) is 1. The zero-order chi connectivity index (χ0) is 15.4. The second-order valence-corrected chi connectivity index (χ2v) is 4.88. The SMILES string of the molecule is N#CCC(=O)Nc1cccc(-c2cnc3ccccc3c2)c1. The van der Waals surface area contributed by atoms with E-state index in [0.717, 1.165) is 22.0 Å². The number of carbonyl (C=O) groups excluding carboxylic acids is 1. The summed E-state index contributed by atoms with van der Waals surface area (Å²) in [6.45, 7) is 0. The van der Waals surface area contributed by atoms with Gasteiger partial charge in [0, 0.05) is 22.8 Å². The number of para-hydroxylation sites is 1. The maximum Gasteiger partial charge on any atom is 0.238 e. The molecule has 4 nitrogen and oxygen atoms in total. The van der Waals surface area contributed by atoms with Crippen LogP contribution in [0, 0.1) is 11.3 Å². The lowest BCUT2D eigenvalue weighted by molar-refractivity contribution is -0.115. The van der Waals surface area contributed by atoms with E-state index in [1.54, 1.807) is 6.07 Å². The first kappa shape index (κ1) is 13.8. The van der Waals surface area contributed by atoms with E-state index in [1.165, 1.54) is 0 Å². The average Bonchev–Trinajstić information content (AvgIpc) is 2.55. The normalized spacial score (nSPS) is 10.1. The molecule has 4 heteroatoms. The van der Waals surface area contributed by atoms with Crippen LogP contribution in [0.3, 0.4) is 0 Å². The molecule has 106 valence electrons. The highest BCUT2D eigenvalue weighted by Crippen LogP contribution is 2.25. The number of fused-ring (bicyclic) bond motifs is 1. The predicted octanol–water partition coefficient (Wildman–Crippen LogP) is 3.75. The number of hydrogen-bond acceptors (Lipinski definition) is 3. The van der Waals surface area contributed by atoms with Crippen LogP contribution < -0.4 is 5.32 Å². The Morgan fingerprint density at radius 2 is 1.95 bits per heavy atom. The van der Waals surface area contributed by atoms with Gasteiger partial charge >= 0.3 is 0 Å². The average molecular weight is 287 g/mol. The van der Waals surface area contributed by atoms with Crippen LogP contribution in [0.4, 0.5) is 5.69 Å². The number of nitriles is 1. The number of anilines is 1. The number of carbonyl (C=O) groups is 1. The topological polar surface area (TPSA) is 65.8 Å². The number of pyridine rings is 1. The van der Waals surface area contributed by atoms with Gasteiger partial charge in [-0.3, -0.25) is 9.78 Å². The molecule has 0 aliphatic heterocycles. The van der Waals surface area contributed by atoms with Gasteiger partial charge in [0.25, 0.3) is 0 Å². The van der Waals surface area contributed by atoms with Crippen LogP contribution in [-0.4, -0.2) is 10.9 Å². The minimum Gasteiger partial charge on any atom is -0.325 e. The Labute approximate surface area is 128 Å². The van der Waals surface area contributed by atoms with Gasteiger partial charge in [-0.15, -0.1) is 0 Å². The van der Waals surface area contributed by atoms with Gasteiger partial charge in [0.2, 0.25) is 5.91 Å².